The van der Waals surface area contributed by atoms with Gasteiger partial charge < -0.3 is 21.1 Å². The van der Waals surface area contributed by atoms with E-state index < -0.39 is 5.91 Å². The number of guanidine groups is 1. The van der Waals surface area contributed by atoms with Gasteiger partial charge in [-0.15, -0.1) is 0 Å². The third-order valence-electron chi connectivity index (χ3n) is 6.63. The van der Waals surface area contributed by atoms with Crippen molar-refractivity contribution in [2.45, 2.75) is 63.3 Å². The first kappa shape index (κ1) is 23.4. The lowest BCUT2D eigenvalue weighted by atomic mass is 9.79. The van der Waals surface area contributed by atoms with Gasteiger partial charge in [0, 0.05) is 25.7 Å². The number of primary amides is 1. The number of ether oxygens (including phenoxy) is 1. The van der Waals surface area contributed by atoms with Crippen molar-refractivity contribution in [3.05, 3.63) is 29.8 Å². The quantitative estimate of drug-likeness (QED) is 0.414. The standard InChI is InChI=1S/C24H39N5O2/c1-26-23(27-15-12-20-8-10-21(11-9-20)31-18-22(25)30)28-19-24(13-4-2-5-14-24)29-16-6-3-7-17-29/h8-11H,2-7,12-19H2,1H3,(H2,25,30)(H2,26,27,28). The molecule has 7 heteroatoms. The van der Waals surface area contributed by atoms with E-state index in [0.717, 1.165) is 25.5 Å². The van der Waals surface area contributed by atoms with Gasteiger partial charge in [-0.05, 0) is 62.9 Å². The number of hydrogen-bond donors (Lipinski definition) is 3. The minimum Gasteiger partial charge on any atom is -0.484 e. The molecule has 1 aliphatic carbocycles. The van der Waals surface area contributed by atoms with Crippen molar-refractivity contribution in [1.82, 2.24) is 15.5 Å². The van der Waals surface area contributed by atoms with Crippen LogP contribution in [-0.2, 0) is 11.2 Å². The summed E-state index contributed by atoms with van der Waals surface area (Å²) in [5.74, 6) is 1.06. The molecule has 1 heterocycles. The number of carbonyl (C=O) groups is 1. The molecule has 172 valence electrons. The lowest BCUT2D eigenvalue weighted by molar-refractivity contribution is -0.119. The second-order valence-electron chi connectivity index (χ2n) is 8.83. The molecule has 1 aromatic carbocycles. The highest BCUT2D eigenvalue weighted by atomic mass is 16.5. The van der Waals surface area contributed by atoms with Crippen molar-refractivity contribution in [2.24, 2.45) is 10.7 Å². The maximum atomic E-state index is 10.8. The monoisotopic (exact) mass is 429 g/mol. The van der Waals surface area contributed by atoms with E-state index in [9.17, 15) is 4.79 Å². The van der Waals surface area contributed by atoms with Gasteiger partial charge >= 0.3 is 0 Å². The molecular weight excluding hydrogens is 390 g/mol. The summed E-state index contributed by atoms with van der Waals surface area (Å²) in [5.41, 5.74) is 6.60. The number of piperidine rings is 1. The van der Waals surface area contributed by atoms with Crippen LogP contribution in [0.2, 0.25) is 0 Å². The van der Waals surface area contributed by atoms with Crippen LogP contribution in [0.1, 0.15) is 56.9 Å². The summed E-state index contributed by atoms with van der Waals surface area (Å²) in [6.45, 7) is 4.16. The highest BCUT2D eigenvalue weighted by Gasteiger charge is 2.38. The Morgan fingerprint density at radius 3 is 2.39 bits per heavy atom. The first-order valence-corrected chi connectivity index (χ1v) is 11.8. The third-order valence-corrected chi connectivity index (χ3v) is 6.63. The smallest absolute Gasteiger partial charge is 0.255 e. The summed E-state index contributed by atoms with van der Waals surface area (Å²) >= 11 is 0. The van der Waals surface area contributed by atoms with E-state index in [1.807, 2.05) is 31.3 Å². The number of benzene rings is 1. The number of rotatable bonds is 9. The number of hydrogen-bond acceptors (Lipinski definition) is 4. The number of nitrogens with one attached hydrogen (secondary N) is 2. The zero-order valence-electron chi connectivity index (χ0n) is 19.0. The maximum Gasteiger partial charge on any atom is 0.255 e. The third kappa shape index (κ3) is 7.13. The van der Waals surface area contributed by atoms with E-state index in [-0.39, 0.29) is 12.1 Å². The normalized spacial score (nSPS) is 19.6. The van der Waals surface area contributed by atoms with Crippen LogP contribution in [0.5, 0.6) is 5.75 Å². The van der Waals surface area contributed by atoms with E-state index in [2.05, 4.69) is 20.5 Å². The van der Waals surface area contributed by atoms with E-state index in [4.69, 9.17) is 10.5 Å². The number of carbonyl (C=O) groups excluding carboxylic acids is 1. The Morgan fingerprint density at radius 2 is 1.74 bits per heavy atom. The Kier molecular flexibility index (Phi) is 9.00. The van der Waals surface area contributed by atoms with Crippen LogP contribution >= 0.6 is 0 Å². The van der Waals surface area contributed by atoms with Gasteiger partial charge in [0.05, 0.1) is 0 Å². The molecule has 0 radical (unpaired) electrons. The zero-order chi connectivity index (χ0) is 21.9. The zero-order valence-corrected chi connectivity index (χ0v) is 19.0. The van der Waals surface area contributed by atoms with E-state index in [1.165, 1.54) is 70.0 Å². The Hall–Kier alpha value is -2.28. The number of aliphatic imine (C=N–C) groups is 1. The summed E-state index contributed by atoms with van der Waals surface area (Å²) < 4.78 is 5.31. The van der Waals surface area contributed by atoms with Crippen LogP contribution in [0, 0.1) is 0 Å². The molecule has 0 spiro atoms. The minimum absolute atomic E-state index is 0.0954. The molecule has 1 aromatic rings. The van der Waals surface area contributed by atoms with Crippen molar-refractivity contribution >= 4 is 11.9 Å². The van der Waals surface area contributed by atoms with Gasteiger partial charge in [0.15, 0.2) is 12.6 Å². The summed E-state index contributed by atoms with van der Waals surface area (Å²) in [7, 11) is 1.84. The Balaban J connectivity index is 1.45. The molecule has 0 bridgehead atoms. The molecular formula is C24H39N5O2. The molecule has 1 amide bonds. The molecule has 0 unspecified atom stereocenters. The molecule has 1 aliphatic heterocycles. The second kappa shape index (κ2) is 11.9. The first-order valence-electron chi connectivity index (χ1n) is 11.8. The predicted octanol–water partition coefficient (Wildman–Crippen LogP) is 2.45. The molecule has 0 atom stereocenters. The predicted molar refractivity (Wildman–Crippen MR) is 125 cm³/mol. The summed E-state index contributed by atoms with van der Waals surface area (Å²) in [6, 6.07) is 7.77. The molecule has 0 aromatic heterocycles. The van der Waals surface area contributed by atoms with Crippen LogP contribution in [0.25, 0.3) is 0 Å². The van der Waals surface area contributed by atoms with E-state index in [0.29, 0.717) is 5.75 Å². The molecule has 2 fully saturated rings. The fourth-order valence-corrected chi connectivity index (χ4v) is 4.88. The van der Waals surface area contributed by atoms with Crippen molar-refractivity contribution in [3.63, 3.8) is 0 Å². The molecule has 3 rings (SSSR count). The SMILES string of the molecule is CN=C(NCCc1ccc(OCC(N)=O)cc1)NCC1(N2CCCCC2)CCCCC1. The molecule has 31 heavy (non-hydrogen) atoms. The fourth-order valence-electron chi connectivity index (χ4n) is 4.88. The molecule has 2 aliphatic rings. The number of nitrogens with two attached hydrogens (primary N) is 1. The fraction of sp³-hybridized carbons (Fsp3) is 0.667. The van der Waals surface area contributed by atoms with Gasteiger partial charge in [0.2, 0.25) is 0 Å². The Morgan fingerprint density at radius 1 is 1.06 bits per heavy atom. The van der Waals surface area contributed by atoms with Gasteiger partial charge in [0.25, 0.3) is 5.91 Å². The van der Waals surface area contributed by atoms with Crippen LogP contribution in [0.3, 0.4) is 0 Å². The van der Waals surface area contributed by atoms with Crippen molar-refractivity contribution in [1.29, 1.82) is 0 Å². The van der Waals surface area contributed by atoms with Gasteiger partial charge in [-0.2, -0.15) is 0 Å². The van der Waals surface area contributed by atoms with Gasteiger partial charge in [-0.25, -0.2) is 0 Å². The van der Waals surface area contributed by atoms with E-state index in [1.54, 1.807) is 0 Å². The van der Waals surface area contributed by atoms with Crippen molar-refractivity contribution in [3.8, 4) is 5.75 Å². The number of likely N-dealkylation sites (tertiary alicyclic amines) is 1. The molecule has 1 saturated heterocycles. The van der Waals surface area contributed by atoms with Crippen molar-refractivity contribution in [2.75, 3.05) is 39.8 Å². The lowest BCUT2D eigenvalue weighted by Gasteiger charge is -2.48. The molecule has 7 nitrogen and oxygen atoms in total. The minimum atomic E-state index is -0.470. The van der Waals surface area contributed by atoms with Crippen LogP contribution < -0.4 is 21.1 Å². The van der Waals surface area contributed by atoms with Gasteiger partial charge in [-0.1, -0.05) is 37.8 Å². The van der Waals surface area contributed by atoms with Crippen LogP contribution in [0.15, 0.2) is 29.3 Å². The largest absolute Gasteiger partial charge is 0.484 e. The van der Waals surface area contributed by atoms with E-state index >= 15 is 0 Å². The van der Waals surface area contributed by atoms with Gasteiger partial charge in [0.1, 0.15) is 5.75 Å². The number of nitrogens with zero attached hydrogens (tertiary/aromatic N) is 2. The average molecular weight is 430 g/mol. The van der Waals surface area contributed by atoms with Gasteiger partial charge in [-0.3, -0.25) is 14.7 Å². The lowest BCUT2D eigenvalue weighted by Crippen LogP contribution is -2.59. The topological polar surface area (TPSA) is 92.0 Å². The highest BCUT2D eigenvalue weighted by molar-refractivity contribution is 5.79. The summed E-state index contributed by atoms with van der Waals surface area (Å²) in [5, 5.41) is 7.09. The maximum absolute atomic E-state index is 10.8. The Bertz CT molecular complexity index is 707. The number of amides is 1. The van der Waals surface area contributed by atoms with Crippen molar-refractivity contribution < 1.29 is 9.53 Å². The van der Waals surface area contributed by atoms with Crippen LogP contribution in [0.4, 0.5) is 0 Å². The summed E-state index contributed by atoms with van der Waals surface area (Å²) in [4.78, 5) is 18.0. The average Bonchev–Trinajstić information content (AvgIpc) is 2.82. The summed E-state index contributed by atoms with van der Waals surface area (Å²) in [6.07, 6.45) is 11.6. The van der Waals surface area contributed by atoms with Crippen LogP contribution in [-0.4, -0.2) is 62.1 Å². The molecule has 4 N–H and O–H groups in total. The first-order chi connectivity index (χ1) is 15.1. The Labute approximate surface area is 186 Å². The second-order valence-corrected chi connectivity index (χ2v) is 8.83. The highest BCUT2D eigenvalue weighted by Crippen LogP contribution is 2.35. The molecule has 1 saturated carbocycles.